The number of hydrogen-bond acceptors (Lipinski definition) is 5. The largest absolute Gasteiger partial charge is 0.439 e. The fourth-order valence-corrected chi connectivity index (χ4v) is 3.02. The minimum absolute atomic E-state index is 0.512. The van der Waals surface area contributed by atoms with Crippen molar-refractivity contribution in [2.24, 2.45) is 5.92 Å². The average Bonchev–Trinajstić information content (AvgIpc) is 2.61. The van der Waals surface area contributed by atoms with Crippen LogP contribution in [-0.2, 0) is 0 Å². The summed E-state index contributed by atoms with van der Waals surface area (Å²) in [5.41, 5.74) is 1.47. The molecule has 0 atom stereocenters. The molecule has 5 nitrogen and oxygen atoms in total. The van der Waals surface area contributed by atoms with Crippen LogP contribution in [0.1, 0.15) is 43.4 Å². The lowest BCUT2D eigenvalue weighted by Gasteiger charge is -2.21. The maximum absolute atomic E-state index is 8.84. The van der Waals surface area contributed by atoms with Crippen LogP contribution >= 0.6 is 0 Å². The van der Waals surface area contributed by atoms with Gasteiger partial charge in [-0.1, -0.05) is 19.3 Å². The van der Waals surface area contributed by atoms with Gasteiger partial charge in [-0.3, -0.25) is 0 Å². The molecule has 0 amide bonds. The van der Waals surface area contributed by atoms with E-state index in [0.29, 0.717) is 29.1 Å². The molecule has 1 aliphatic carbocycles. The predicted molar refractivity (Wildman–Crippen MR) is 93.1 cm³/mol. The maximum atomic E-state index is 8.84. The quantitative estimate of drug-likeness (QED) is 0.881. The van der Waals surface area contributed by atoms with Crippen molar-refractivity contribution < 1.29 is 4.74 Å². The Morgan fingerprint density at radius 1 is 1.17 bits per heavy atom. The zero-order valence-electron chi connectivity index (χ0n) is 14.0. The van der Waals surface area contributed by atoms with Gasteiger partial charge >= 0.3 is 0 Å². The molecule has 1 aromatic carbocycles. The number of nitrogens with one attached hydrogen (secondary N) is 1. The van der Waals surface area contributed by atoms with Gasteiger partial charge in [-0.05, 0) is 49.9 Å². The lowest BCUT2D eigenvalue weighted by molar-refractivity contribution is 0.372. The van der Waals surface area contributed by atoms with Gasteiger partial charge in [-0.2, -0.15) is 10.2 Å². The summed E-state index contributed by atoms with van der Waals surface area (Å²) in [7, 11) is 0. The fourth-order valence-electron chi connectivity index (χ4n) is 3.02. The second-order valence-electron chi connectivity index (χ2n) is 6.29. The number of ether oxygens (including phenoxy) is 1. The number of benzene rings is 1. The van der Waals surface area contributed by atoms with Gasteiger partial charge in [0.05, 0.1) is 11.6 Å². The van der Waals surface area contributed by atoms with Crippen molar-refractivity contribution in [2.45, 2.75) is 39.0 Å². The molecule has 1 aliphatic rings. The van der Waals surface area contributed by atoms with Crippen LogP contribution in [0.3, 0.4) is 0 Å². The Bertz CT molecular complexity index is 715. The van der Waals surface area contributed by atoms with Gasteiger partial charge in [-0.25, -0.2) is 4.98 Å². The summed E-state index contributed by atoms with van der Waals surface area (Å²) in [6.07, 6.45) is 6.59. The molecule has 0 saturated heterocycles. The molecule has 1 saturated carbocycles. The number of anilines is 1. The number of aromatic nitrogens is 2. The molecule has 0 spiro atoms. The standard InChI is InChI=1S/C19H22N4O/c1-14-11-18(24-17-9-7-15(12-20)8-10-17)23-19(22-14)21-13-16-5-3-2-4-6-16/h7-11,16H,2-6,13H2,1H3,(H,21,22,23). The van der Waals surface area contributed by atoms with Gasteiger partial charge in [0.25, 0.3) is 0 Å². The highest BCUT2D eigenvalue weighted by molar-refractivity contribution is 5.37. The average molecular weight is 322 g/mol. The molecule has 5 heteroatoms. The van der Waals surface area contributed by atoms with Gasteiger partial charge in [0.1, 0.15) is 5.75 Å². The predicted octanol–water partition coefficient (Wildman–Crippen LogP) is 4.44. The van der Waals surface area contributed by atoms with E-state index < -0.39 is 0 Å². The highest BCUT2D eigenvalue weighted by atomic mass is 16.5. The summed E-state index contributed by atoms with van der Waals surface area (Å²) in [5, 5.41) is 12.2. The Labute approximate surface area is 142 Å². The van der Waals surface area contributed by atoms with E-state index in [1.165, 1.54) is 32.1 Å². The molecule has 24 heavy (non-hydrogen) atoms. The van der Waals surface area contributed by atoms with Crippen LogP contribution in [0.4, 0.5) is 5.95 Å². The molecule has 2 aromatic rings. The summed E-state index contributed by atoms with van der Waals surface area (Å²) >= 11 is 0. The summed E-state index contributed by atoms with van der Waals surface area (Å²) in [4.78, 5) is 8.89. The topological polar surface area (TPSA) is 70.8 Å². The van der Waals surface area contributed by atoms with Gasteiger partial charge in [-0.15, -0.1) is 0 Å². The Kier molecular flexibility index (Phi) is 5.27. The Balaban J connectivity index is 1.65. The van der Waals surface area contributed by atoms with Crippen LogP contribution in [0, 0.1) is 24.2 Å². The second-order valence-corrected chi connectivity index (χ2v) is 6.29. The van der Waals surface area contributed by atoms with E-state index in [0.717, 1.165) is 12.2 Å². The Hall–Kier alpha value is -2.61. The van der Waals surface area contributed by atoms with Crippen molar-refractivity contribution >= 4 is 5.95 Å². The number of hydrogen-bond donors (Lipinski definition) is 1. The third-order valence-corrected chi connectivity index (χ3v) is 4.31. The zero-order chi connectivity index (χ0) is 16.8. The number of rotatable bonds is 5. The number of nitrogens with zero attached hydrogens (tertiary/aromatic N) is 3. The lowest BCUT2D eigenvalue weighted by atomic mass is 9.89. The van der Waals surface area contributed by atoms with E-state index in [-0.39, 0.29) is 0 Å². The number of aryl methyl sites for hydroxylation is 1. The number of nitriles is 1. The van der Waals surface area contributed by atoms with Crippen LogP contribution in [0.5, 0.6) is 11.6 Å². The van der Waals surface area contributed by atoms with Gasteiger partial charge < -0.3 is 10.1 Å². The molecule has 0 aliphatic heterocycles. The summed E-state index contributed by atoms with van der Waals surface area (Å²) in [6.45, 7) is 2.85. The molecule has 0 radical (unpaired) electrons. The van der Waals surface area contributed by atoms with Crippen LogP contribution in [0.2, 0.25) is 0 Å². The van der Waals surface area contributed by atoms with Crippen molar-refractivity contribution in [3.63, 3.8) is 0 Å². The van der Waals surface area contributed by atoms with Crippen molar-refractivity contribution in [1.29, 1.82) is 5.26 Å². The minimum Gasteiger partial charge on any atom is -0.439 e. The first-order valence-electron chi connectivity index (χ1n) is 8.50. The van der Waals surface area contributed by atoms with Gasteiger partial charge in [0, 0.05) is 18.3 Å². The van der Waals surface area contributed by atoms with Crippen LogP contribution in [0.15, 0.2) is 30.3 Å². The molecule has 1 fully saturated rings. The zero-order valence-corrected chi connectivity index (χ0v) is 14.0. The molecule has 0 bridgehead atoms. The fraction of sp³-hybridized carbons (Fsp3) is 0.421. The van der Waals surface area contributed by atoms with Crippen LogP contribution in [-0.4, -0.2) is 16.5 Å². The smallest absolute Gasteiger partial charge is 0.226 e. The molecule has 1 heterocycles. The van der Waals surface area contributed by atoms with E-state index in [2.05, 4.69) is 21.4 Å². The molecular formula is C19H22N4O. The molecular weight excluding hydrogens is 300 g/mol. The van der Waals surface area contributed by atoms with E-state index in [4.69, 9.17) is 10.00 Å². The first kappa shape index (κ1) is 16.3. The monoisotopic (exact) mass is 322 g/mol. The summed E-state index contributed by atoms with van der Waals surface area (Å²) in [5.74, 6) is 2.50. The molecule has 3 rings (SSSR count). The van der Waals surface area contributed by atoms with Crippen LogP contribution in [0.25, 0.3) is 0 Å². The second kappa shape index (κ2) is 7.78. The SMILES string of the molecule is Cc1cc(Oc2ccc(C#N)cc2)nc(NCC2CCCCC2)n1. The Morgan fingerprint density at radius 3 is 2.62 bits per heavy atom. The first-order chi connectivity index (χ1) is 11.7. The van der Waals surface area contributed by atoms with Gasteiger partial charge in [0.15, 0.2) is 0 Å². The molecule has 1 N–H and O–H groups in total. The molecule has 124 valence electrons. The van der Waals surface area contributed by atoms with E-state index in [9.17, 15) is 0 Å². The third kappa shape index (κ3) is 4.45. The van der Waals surface area contributed by atoms with E-state index in [1.807, 2.05) is 13.0 Å². The van der Waals surface area contributed by atoms with Gasteiger partial charge in [0.2, 0.25) is 11.8 Å². The van der Waals surface area contributed by atoms with Crippen molar-refractivity contribution in [3.8, 4) is 17.7 Å². The van der Waals surface area contributed by atoms with Crippen molar-refractivity contribution in [2.75, 3.05) is 11.9 Å². The first-order valence-corrected chi connectivity index (χ1v) is 8.50. The molecule has 1 aromatic heterocycles. The summed E-state index contributed by atoms with van der Waals surface area (Å²) < 4.78 is 5.79. The Morgan fingerprint density at radius 2 is 1.92 bits per heavy atom. The van der Waals surface area contributed by atoms with Crippen LogP contribution < -0.4 is 10.1 Å². The minimum atomic E-state index is 0.512. The molecule has 0 unspecified atom stereocenters. The van der Waals surface area contributed by atoms with Crippen molar-refractivity contribution in [3.05, 3.63) is 41.6 Å². The lowest BCUT2D eigenvalue weighted by Crippen LogP contribution is -2.18. The highest BCUT2D eigenvalue weighted by Crippen LogP contribution is 2.25. The maximum Gasteiger partial charge on any atom is 0.226 e. The van der Waals surface area contributed by atoms with Crippen molar-refractivity contribution in [1.82, 2.24) is 9.97 Å². The highest BCUT2D eigenvalue weighted by Gasteiger charge is 2.14. The van der Waals surface area contributed by atoms with E-state index >= 15 is 0 Å². The normalized spacial score (nSPS) is 14.8. The summed E-state index contributed by atoms with van der Waals surface area (Å²) in [6, 6.07) is 10.9. The third-order valence-electron chi connectivity index (χ3n) is 4.31. The van der Waals surface area contributed by atoms with E-state index in [1.54, 1.807) is 24.3 Å².